The van der Waals surface area contributed by atoms with E-state index in [1.807, 2.05) is 0 Å². The quantitative estimate of drug-likeness (QED) is 0.739. The average Bonchev–Trinajstić information content (AvgIpc) is 2.99. The van der Waals surface area contributed by atoms with Gasteiger partial charge in [0.2, 0.25) is 0 Å². The molecular weight excluding hydrogens is 210 g/mol. The van der Waals surface area contributed by atoms with Crippen LogP contribution in [0.3, 0.4) is 0 Å². The zero-order chi connectivity index (χ0) is 12.1. The summed E-state index contributed by atoms with van der Waals surface area (Å²) in [5.41, 5.74) is 5.80. The first kappa shape index (κ1) is 13.3. The van der Waals surface area contributed by atoms with Crippen LogP contribution in [0.5, 0.6) is 0 Å². The molecule has 2 aliphatic rings. The van der Waals surface area contributed by atoms with Crippen LogP contribution in [0.2, 0.25) is 0 Å². The summed E-state index contributed by atoms with van der Waals surface area (Å²) >= 11 is 0. The summed E-state index contributed by atoms with van der Waals surface area (Å²) in [7, 11) is 2.28. The number of nitrogens with one attached hydrogen (secondary N) is 1. The van der Waals surface area contributed by atoms with E-state index in [0.717, 1.165) is 25.0 Å². The molecule has 17 heavy (non-hydrogen) atoms. The van der Waals surface area contributed by atoms with E-state index in [9.17, 15) is 0 Å². The Morgan fingerprint density at radius 3 is 2.59 bits per heavy atom. The fourth-order valence-corrected chi connectivity index (χ4v) is 3.54. The van der Waals surface area contributed by atoms with E-state index in [4.69, 9.17) is 5.73 Å². The normalized spacial score (nSPS) is 30.5. The summed E-state index contributed by atoms with van der Waals surface area (Å²) in [5, 5.41) is 3.72. The molecule has 2 rings (SSSR count). The average molecular weight is 239 g/mol. The Kier molecular flexibility index (Phi) is 5.26. The molecule has 2 aliphatic carbocycles. The van der Waals surface area contributed by atoms with Crippen molar-refractivity contribution in [2.45, 2.75) is 57.0 Å². The Morgan fingerprint density at radius 2 is 1.88 bits per heavy atom. The number of rotatable bonds is 6. The maximum Gasteiger partial charge on any atom is 0.0108 e. The van der Waals surface area contributed by atoms with Gasteiger partial charge in [0.05, 0.1) is 0 Å². The topological polar surface area (TPSA) is 41.3 Å². The van der Waals surface area contributed by atoms with E-state index in [1.165, 1.54) is 51.5 Å². The molecule has 2 saturated carbocycles. The Balaban J connectivity index is 1.61. The maximum absolute atomic E-state index is 5.80. The minimum atomic E-state index is 0.692. The number of likely N-dealkylation sites (N-methyl/N-ethyl adjacent to an activating group) is 1. The summed E-state index contributed by atoms with van der Waals surface area (Å²) < 4.78 is 0. The lowest BCUT2D eigenvalue weighted by Crippen LogP contribution is -2.41. The van der Waals surface area contributed by atoms with E-state index in [1.54, 1.807) is 0 Å². The molecule has 0 aromatic heterocycles. The predicted molar refractivity (Wildman–Crippen MR) is 73.1 cm³/mol. The van der Waals surface area contributed by atoms with E-state index >= 15 is 0 Å². The van der Waals surface area contributed by atoms with Crippen LogP contribution >= 0.6 is 0 Å². The van der Waals surface area contributed by atoms with Crippen molar-refractivity contribution in [2.75, 3.05) is 26.7 Å². The molecule has 0 bridgehead atoms. The molecule has 0 saturated heterocycles. The van der Waals surface area contributed by atoms with Crippen molar-refractivity contribution in [1.82, 2.24) is 10.2 Å². The van der Waals surface area contributed by atoms with Crippen molar-refractivity contribution < 1.29 is 0 Å². The van der Waals surface area contributed by atoms with Crippen molar-refractivity contribution in [3.63, 3.8) is 0 Å². The first-order valence-electron chi connectivity index (χ1n) is 7.45. The fraction of sp³-hybridized carbons (Fsp3) is 1.00. The van der Waals surface area contributed by atoms with Gasteiger partial charge in [-0.25, -0.2) is 0 Å². The minimum absolute atomic E-state index is 0.692. The minimum Gasteiger partial charge on any atom is -0.330 e. The van der Waals surface area contributed by atoms with Crippen molar-refractivity contribution in [3.05, 3.63) is 0 Å². The highest BCUT2D eigenvalue weighted by molar-refractivity contribution is 4.84. The molecule has 0 heterocycles. The molecule has 100 valence electrons. The van der Waals surface area contributed by atoms with Crippen LogP contribution in [0.25, 0.3) is 0 Å². The molecule has 3 heteroatoms. The Labute approximate surface area is 106 Å². The second-order valence-electron chi connectivity index (χ2n) is 5.91. The Bertz CT molecular complexity index is 214. The Morgan fingerprint density at radius 1 is 1.12 bits per heavy atom. The van der Waals surface area contributed by atoms with E-state index in [0.29, 0.717) is 6.04 Å². The van der Waals surface area contributed by atoms with Crippen molar-refractivity contribution >= 4 is 0 Å². The molecule has 2 atom stereocenters. The molecule has 0 radical (unpaired) electrons. The van der Waals surface area contributed by atoms with Crippen LogP contribution in [0.1, 0.15) is 44.9 Å². The predicted octanol–water partition coefficient (Wildman–Crippen LogP) is 1.58. The highest BCUT2D eigenvalue weighted by atomic mass is 15.1. The van der Waals surface area contributed by atoms with Gasteiger partial charge in [-0.15, -0.1) is 0 Å². The van der Waals surface area contributed by atoms with Crippen LogP contribution in [0.15, 0.2) is 0 Å². The largest absolute Gasteiger partial charge is 0.330 e. The van der Waals surface area contributed by atoms with Gasteiger partial charge in [0.25, 0.3) is 0 Å². The highest BCUT2D eigenvalue weighted by Crippen LogP contribution is 2.25. The van der Waals surface area contributed by atoms with Crippen LogP contribution in [-0.2, 0) is 0 Å². The number of hydrogen-bond acceptors (Lipinski definition) is 3. The molecule has 0 aromatic carbocycles. The van der Waals surface area contributed by atoms with E-state index in [-0.39, 0.29) is 0 Å². The fourth-order valence-electron chi connectivity index (χ4n) is 3.54. The molecule has 3 nitrogen and oxygen atoms in total. The van der Waals surface area contributed by atoms with Gasteiger partial charge in [-0.2, -0.15) is 0 Å². The first-order chi connectivity index (χ1) is 8.31. The van der Waals surface area contributed by atoms with Crippen LogP contribution in [-0.4, -0.2) is 43.7 Å². The van der Waals surface area contributed by atoms with Gasteiger partial charge in [0.15, 0.2) is 0 Å². The number of nitrogens with two attached hydrogens (primary N) is 1. The lowest BCUT2D eigenvalue weighted by atomic mass is 10.0. The number of nitrogens with zero attached hydrogens (tertiary/aromatic N) is 1. The van der Waals surface area contributed by atoms with E-state index in [2.05, 4.69) is 17.3 Å². The van der Waals surface area contributed by atoms with Gasteiger partial charge < -0.3 is 16.0 Å². The second-order valence-corrected chi connectivity index (χ2v) is 5.91. The van der Waals surface area contributed by atoms with Crippen molar-refractivity contribution in [1.29, 1.82) is 0 Å². The maximum atomic E-state index is 5.80. The molecule has 3 N–H and O–H groups in total. The lowest BCUT2D eigenvalue weighted by molar-refractivity contribution is 0.238. The SMILES string of the molecule is CN(CCNC1CCCC1CN)C1CCCC1. The molecule has 0 spiro atoms. The van der Waals surface area contributed by atoms with Gasteiger partial charge in [0.1, 0.15) is 0 Å². The van der Waals surface area contributed by atoms with Crippen LogP contribution in [0, 0.1) is 5.92 Å². The zero-order valence-electron chi connectivity index (χ0n) is 11.3. The van der Waals surface area contributed by atoms with Crippen molar-refractivity contribution in [3.8, 4) is 0 Å². The van der Waals surface area contributed by atoms with E-state index < -0.39 is 0 Å². The number of hydrogen-bond donors (Lipinski definition) is 2. The molecule has 0 amide bonds. The standard InChI is InChI=1S/C14H29N3/c1-17(13-6-2-3-7-13)10-9-16-14-8-4-5-12(14)11-15/h12-14,16H,2-11,15H2,1H3. The zero-order valence-corrected chi connectivity index (χ0v) is 11.3. The monoisotopic (exact) mass is 239 g/mol. The summed E-state index contributed by atoms with van der Waals surface area (Å²) in [6.07, 6.45) is 9.69. The molecule has 0 aromatic rings. The van der Waals surface area contributed by atoms with Gasteiger partial charge in [-0.05, 0) is 45.2 Å². The molecule has 0 aliphatic heterocycles. The third kappa shape index (κ3) is 3.67. The first-order valence-corrected chi connectivity index (χ1v) is 7.45. The van der Waals surface area contributed by atoms with Crippen LogP contribution in [0.4, 0.5) is 0 Å². The van der Waals surface area contributed by atoms with Crippen LogP contribution < -0.4 is 11.1 Å². The smallest absolute Gasteiger partial charge is 0.0108 e. The van der Waals surface area contributed by atoms with Crippen molar-refractivity contribution in [2.24, 2.45) is 11.7 Å². The lowest BCUT2D eigenvalue weighted by Gasteiger charge is -2.26. The molecular formula is C14H29N3. The van der Waals surface area contributed by atoms with Gasteiger partial charge >= 0.3 is 0 Å². The second kappa shape index (κ2) is 6.72. The summed E-state index contributed by atoms with van der Waals surface area (Å²) in [6.45, 7) is 3.18. The Hall–Kier alpha value is -0.120. The van der Waals surface area contributed by atoms with Gasteiger partial charge in [-0.1, -0.05) is 19.3 Å². The molecule has 2 fully saturated rings. The van der Waals surface area contributed by atoms with Gasteiger partial charge in [0, 0.05) is 25.2 Å². The third-order valence-corrected chi connectivity index (χ3v) is 4.78. The third-order valence-electron chi connectivity index (χ3n) is 4.78. The highest BCUT2D eigenvalue weighted by Gasteiger charge is 2.25. The summed E-state index contributed by atoms with van der Waals surface area (Å²) in [5.74, 6) is 0.729. The summed E-state index contributed by atoms with van der Waals surface area (Å²) in [4.78, 5) is 2.55. The van der Waals surface area contributed by atoms with Gasteiger partial charge in [-0.3, -0.25) is 0 Å². The molecule has 2 unspecified atom stereocenters. The summed E-state index contributed by atoms with van der Waals surface area (Å²) in [6, 6.07) is 1.54.